The average Bonchev–Trinajstić information content (AvgIpc) is 2.19. The molecule has 1 aromatic carbocycles. The van der Waals surface area contributed by atoms with Gasteiger partial charge in [0, 0.05) is 17.7 Å². The average molecular weight is 192 g/mol. The van der Waals surface area contributed by atoms with Crippen LogP contribution in [0.1, 0.15) is 17.5 Å². The van der Waals surface area contributed by atoms with Gasteiger partial charge in [0.25, 0.3) is 0 Å². The Labute approximate surface area is 84.2 Å². The van der Waals surface area contributed by atoms with E-state index in [2.05, 4.69) is 24.5 Å². The van der Waals surface area contributed by atoms with Gasteiger partial charge in [-0.15, -0.1) is 0 Å². The zero-order valence-corrected chi connectivity index (χ0v) is 8.22. The second-order valence-electron chi connectivity index (χ2n) is 2.63. The summed E-state index contributed by atoms with van der Waals surface area (Å²) in [4.78, 5) is 0. The zero-order valence-electron chi connectivity index (χ0n) is 7.33. The van der Waals surface area contributed by atoms with Crippen LogP contribution in [-0.4, -0.2) is 10.9 Å². The predicted octanol–water partition coefficient (Wildman–Crippen LogP) is 1.85. The molecule has 0 saturated heterocycles. The summed E-state index contributed by atoms with van der Waals surface area (Å²) in [6.07, 6.45) is 0.798. The van der Waals surface area contributed by atoms with Crippen molar-refractivity contribution in [3.63, 3.8) is 0 Å². The topological polar surface area (TPSA) is 20.2 Å². The van der Waals surface area contributed by atoms with Crippen LogP contribution in [0.15, 0.2) is 24.3 Å². The van der Waals surface area contributed by atoms with Gasteiger partial charge in [-0.2, -0.15) is 12.6 Å². The quantitative estimate of drug-likeness (QED) is 0.541. The van der Waals surface area contributed by atoms with Crippen molar-refractivity contribution >= 4 is 12.6 Å². The SMILES string of the molecule is OCc1cccc(C#CCCS)c1. The van der Waals surface area contributed by atoms with Crippen molar-refractivity contribution < 1.29 is 5.11 Å². The second kappa shape index (κ2) is 5.69. The van der Waals surface area contributed by atoms with Crippen LogP contribution in [0, 0.1) is 11.8 Å². The van der Waals surface area contributed by atoms with Crippen LogP contribution in [0.25, 0.3) is 0 Å². The molecule has 0 amide bonds. The van der Waals surface area contributed by atoms with Crippen LogP contribution in [0.3, 0.4) is 0 Å². The van der Waals surface area contributed by atoms with Crippen molar-refractivity contribution in [2.24, 2.45) is 0 Å². The van der Waals surface area contributed by atoms with E-state index in [9.17, 15) is 0 Å². The van der Waals surface area contributed by atoms with E-state index in [0.717, 1.165) is 23.3 Å². The lowest BCUT2D eigenvalue weighted by Crippen LogP contribution is -1.83. The van der Waals surface area contributed by atoms with Gasteiger partial charge in [-0.3, -0.25) is 0 Å². The lowest BCUT2D eigenvalue weighted by Gasteiger charge is -1.95. The molecule has 0 fully saturated rings. The number of rotatable bonds is 2. The van der Waals surface area contributed by atoms with Gasteiger partial charge < -0.3 is 5.11 Å². The molecule has 0 aliphatic rings. The fourth-order valence-corrected chi connectivity index (χ4v) is 1.08. The van der Waals surface area contributed by atoms with Gasteiger partial charge >= 0.3 is 0 Å². The molecule has 0 atom stereocenters. The van der Waals surface area contributed by atoms with Crippen molar-refractivity contribution in [1.82, 2.24) is 0 Å². The summed E-state index contributed by atoms with van der Waals surface area (Å²) in [5.41, 5.74) is 1.85. The molecule has 1 rings (SSSR count). The van der Waals surface area contributed by atoms with Gasteiger partial charge in [-0.25, -0.2) is 0 Å². The van der Waals surface area contributed by atoms with Crippen molar-refractivity contribution in [3.05, 3.63) is 35.4 Å². The number of aliphatic hydroxyl groups excluding tert-OH is 1. The van der Waals surface area contributed by atoms with E-state index >= 15 is 0 Å². The van der Waals surface area contributed by atoms with Crippen LogP contribution in [-0.2, 0) is 6.61 Å². The standard InChI is InChI=1S/C11H12OS/c12-9-11-6-3-5-10(8-11)4-1-2-7-13/h3,5-6,8,12-13H,2,7,9H2. The lowest BCUT2D eigenvalue weighted by atomic mass is 10.1. The first-order valence-corrected chi connectivity index (χ1v) is 4.79. The zero-order chi connectivity index (χ0) is 9.52. The number of hydrogen-bond donors (Lipinski definition) is 2. The maximum absolute atomic E-state index is 8.87. The van der Waals surface area contributed by atoms with E-state index < -0.39 is 0 Å². The fourth-order valence-electron chi connectivity index (χ4n) is 0.968. The minimum atomic E-state index is 0.0715. The Kier molecular flexibility index (Phi) is 4.45. The number of hydrogen-bond acceptors (Lipinski definition) is 2. The van der Waals surface area contributed by atoms with Gasteiger partial charge in [0.1, 0.15) is 0 Å². The summed E-state index contributed by atoms with van der Waals surface area (Å²) in [5.74, 6) is 6.79. The van der Waals surface area contributed by atoms with Crippen molar-refractivity contribution in [2.45, 2.75) is 13.0 Å². The minimum Gasteiger partial charge on any atom is -0.392 e. The Morgan fingerprint density at radius 3 is 2.92 bits per heavy atom. The summed E-state index contributed by atoms with van der Waals surface area (Å²) < 4.78 is 0. The van der Waals surface area contributed by atoms with Crippen molar-refractivity contribution in [3.8, 4) is 11.8 Å². The number of benzene rings is 1. The smallest absolute Gasteiger partial charge is 0.0682 e. The maximum Gasteiger partial charge on any atom is 0.0682 e. The lowest BCUT2D eigenvalue weighted by molar-refractivity contribution is 0.282. The molecule has 1 nitrogen and oxygen atoms in total. The van der Waals surface area contributed by atoms with Gasteiger partial charge in [0.2, 0.25) is 0 Å². The number of thiol groups is 1. The van der Waals surface area contributed by atoms with Gasteiger partial charge in [-0.05, 0) is 17.7 Å². The van der Waals surface area contributed by atoms with E-state index in [0.29, 0.717) is 0 Å². The van der Waals surface area contributed by atoms with E-state index in [1.807, 2.05) is 24.3 Å². The molecule has 13 heavy (non-hydrogen) atoms. The molecule has 0 aliphatic carbocycles. The molecule has 2 heteroatoms. The van der Waals surface area contributed by atoms with Crippen LogP contribution < -0.4 is 0 Å². The maximum atomic E-state index is 8.87. The highest BCUT2D eigenvalue weighted by molar-refractivity contribution is 7.80. The summed E-state index contributed by atoms with van der Waals surface area (Å²) in [6.45, 7) is 0.0715. The third kappa shape index (κ3) is 3.54. The molecule has 0 aliphatic heterocycles. The normalized spacial score (nSPS) is 9.08. The molecule has 0 heterocycles. The largest absolute Gasteiger partial charge is 0.392 e. The highest BCUT2D eigenvalue weighted by Gasteiger charge is 1.90. The first kappa shape index (κ1) is 10.2. The van der Waals surface area contributed by atoms with Crippen molar-refractivity contribution in [1.29, 1.82) is 0 Å². The molecule has 0 aromatic heterocycles. The van der Waals surface area contributed by atoms with E-state index in [-0.39, 0.29) is 6.61 Å². The summed E-state index contributed by atoms with van der Waals surface area (Å²) in [5, 5.41) is 8.87. The summed E-state index contributed by atoms with van der Waals surface area (Å²) >= 11 is 4.06. The van der Waals surface area contributed by atoms with E-state index in [1.165, 1.54) is 0 Å². The monoisotopic (exact) mass is 192 g/mol. The first-order valence-electron chi connectivity index (χ1n) is 4.16. The van der Waals surface area contributed by atoms with Gasteiger partial charge in [0.15, 0.2) is 0 Å². The third-order valence-corrected chi connectivity index (χ3v) is 1.80. The molecule has 0 radical (unpaired) electrons. The number of aliphatic hydroxyl groups is 1. The molecular formula is C11H12OS. The first-order chi connectivity index (χ1) is 6.36. The minimum absolute atomic E-state index is 0.0715. The Morgan fingerprint density at radius 2 is 2.23 bits per heavy atom. The van der Waals surface area contributed by atoms with E-state index in [1.54, 1.807) is 0 Å². The molecular weight excluding hydrogens is 180 g/mol. The Balaban J connectivity index is 2.73. The van der Waals surface area contributed by atoms with Crippen LogP contribution >= 0.6 is 12.6 Å². The fraction of sp³-hybridized carbons (Fsp3) is 0.273. The highest BCUT2D eigenvalue weighted by atomic mass is 32.1. The molecule has 68 valence electrons. The van der Waals surface area contributed by atoms with Crippen LogP contribution in [0.5, 0.6) is 0 Å². The summed E-state index contributed by atoms with van der Waals surface area (Å²) in [6, 6.07) is 7.61. The third-order valence-electron chi connectivity index (χ3n) is 1.58. The second-order valence-corrected chi connectivity index (χ2v) is 3.08. The Morgan fingerprint density at radius 1 is 1.38 bits per heavy atom. The molecule has 1 aromatic rings. The van der Waals surface area contributed by atoms with Crippen LogP contribution in [0.2, 0.25) is 0 Å². The molecule has 0 spiro atoms. The van der Waals surface area contributed by atoms with Gasteiger partial charge in [0.05, 0.1) is 6.61 Å². The van der Waals surface area contributed by atoms with Crippen LogP contribution in [0.4, 0.5) is 0 Å². The summed E-state index contributed by atoms with van der Waals surface area (Å²) in [7, 11) is 0. The predicted molar refractivity (Wildman–Crippen MR) is 57.7 cm³/mol. The molecule has 1 N–H and O–H groups in total. The Hall–Kier alpha value is -0.910. The van der Waals surface area contributed by atoms with Crippen molar-refractivity contribution in [2.75, 3.05) is 5.75 Å². The molecule has 0 unspecified atom stereocenters. The highest BCUT2D eigenvalue weighted by Crippen LogP contribution is 2.03. The van der Waals surface area contributed by atoms with E-state index in [4.69, 9.17) is 5.11 Å². The molecule has 0 bridgehead atoms. The Bertz CT molecular complexity index is 322. The van der Waals surface area contributed by atoms with Gasteiger partial charge in [-0.1, -0.05) is 24.0 Å². The molecule has 0 saturated carbocycles.